The van der Waals surface area contributed by atoms with Crippen LogP contribution in [-0.4, -0.2) is 53.2 Å². The number of hydrogen-bond donors (Lipinski definition) is 4. The van der Waals surface area contributed by atoms with E-state index in [2.05, 4.69) is 10.1 Å². The Labute approximate surface area is 115 Å². The molecular formula is C11H18N2O7. The third-order valence-corrected chi connectivity index (χ3v) is 2.47. The molecule has 0 aromatic carbocycles. The molecule has 0 rings (SSSR count). The predicted octanol–water partition coefficient (Wildman–Crippen LogP) is -1.30. The normalized spacial score (nSPS) is 13.1. The van der Waals surface area contributed by atoms with Gasteiger partial charge in [-0.1, -0.05) is 0 Å². The number of carbonyl (C=O) groups excluding carboxylic acids is 2. The van der Waals surface area contributed by atoms with Crippen LogP contribution in [0.2, 0.25) is 0 Å². The number of aliphatic carboxylic acids is 2. The standard InChI is InChI=1S/C11H18N2O7/c1-20-11(19)6(12)2-4-8(14)13-7(10(17)18)3-5-9(15)16/h6-7H,2-5,12H2,1H3,(H,13,14)(H,15,16)(H,17,18). The topological polar surface area (TPSA) is 156 Å². The first-order chi connectivity index (χ1) is 9.27. The highest BCUT2D eigenvalue weighted by Crippen LogP contribution is 2.01. The van der Waals surface area contributed by atoms with Crippen molar-refractivity contribution in [3.05, 3.63) is 0 Å². The summed E-state index contributed by atoms with van der Waals surface area (Å²) in [5.74, 6) is -3.77. The van der Waals surface area contributed by atoms with Crippen LogP contribution in [0, 0.1) is 0 Å². The second-order valence-electron chi connectivity index (χ2n) is 4.06. The molecule has 0 radical (unpaired) electrons. The average molecular weight is 290 g/mol. The highest BCUT2D eigenvalue weighted by molar-refractivity contribution is 5.84. The zero-order chi connectivity index (χ0) is 15.7. The van der Waals surface area contributed by atoms with Crippen molar-refractivity contribution in [2.24, 2.45) is 5.73 Å². The van der Waals surface area contributed by atoms with Crippen LogP contribution in [0.3, 0.4) is 0 Å². The summed E-state index contributed by atoms with van der Waals surface area (Å²) in [7, 11) is 1.16. The van der Waals surface area contributed by atoms with Gasteiger partial charge in [0.05, 0.1) is 7.11 Å². The summed E-state index contributed by atoms with van der Waals surface area (Å²) < 4.78 is 4.37. The molecule has 9 nitrogen and oxygen atoms in total. The van der Waals surface area contributed by atoms with E-state index in [0.29, 0.717) is 0 Å². The molecule has 0 aliphatic rings. The number of nitrogens with two attached hydrogens (primary N) is 1. The molecule has 5 N–H and O–H groups in total. The maximum atomic E-state index is 11.5. The number of carboxylic acids is 2. The molecule has 0 spiro atoms. The molecule has 0 aromatic heterocycles. The zero-order valence-corrected chi connectivity index (χ0v) is 11.0. The number of amides is 1. The van der Waals surface area contributed by atoms with Gasteiger partial charge in [0, 0.05) is 12.8 Å². The highest BCUT2D eigenvalue weighted by Gasteiger charge is 2.22. The van der Waals surface area contributed by atoms with Crippen molar-refractivity contribution >= 4 is 23.8 Å². The van der Waals surface area contributed by atoms with E-state index in [-0.39, 0.29) is 25.7 Å². The van der Waals surface area contributed by atoms with Crippen molar-refractivity contribution in [2.45, 2.75) is 37.8 Å². The first kappa shape index (κ1) is 17.8. The van der Waals surface area contributed by atoms with Crippen molar-refractivity contribution in [2.75, 3.05) is 7.11 Å². The monoisotopic (exact) mass is 290 g/mol. The van der Waals surface area contributed by atoms with E-state index in [1.54, 1.807) is 0 Å². The van der Waals surface area contributed by atoms with Crippen molar-refractivity contribution < 1.29 is 34.1 Å². The SMILES string of the molecule is COC(=O)C(N)CCC(=O)NC(CCC(=O)O)C(=O)O. The Balaban J connectivity index is 4.23. The Morgan fingerprint density at radius 2 is 1.75 bits per heavy atom. The third-order valence-electron chi connectivity index (χ3n) is 2.47. The second kappa shape index (κ2) is 8.86. The molecule has 9 heteroatoms. The maximum Gasteiger partial charge on any atom is 0.326 e. The molecule has 0 aromatic rings. The van der Waals surface area contributed by atoms with Crippen molar-refractivity contribution in [1.29, 1.82) is 0 Å². The van der Waals surface area contributed by atoms with E-state index >= 15 is 0 Å². The molecule has 20 heavy (non-hydrogen) atoms. The minimum absolute atomic E-state index is 0.00375. The maximum absolute atomic E-state index is 11.5. The average Bonchev–Trinajstić information content (AvgIpc) is 2.39. The minimum atomic E-state index is -1.32. The van der Waals surface area contributed by atoms with Crippen LogP contribution in [0.15, 0.2) is 0 Å². The van der Waals surface area contributed by atoms with Crippen LogP contribution in [-0.2, 0) is 23.9 Å². The zero-order valence-electron chi connectivity index (χ0n) is 11.0. The fourth-order valence-corrected chi connectivity index (χ4v) is 1.35. The lowest BCUT2D eigenvalue weighted by atomic mass is 10.1. The lowest BCUT2D eigenvalue weighted by molar-refractivity contribution is -0.144. The van der Waals surface area contributed by atoms with E-state index in [9.17, 15) is 19.2 Å². The summed E-state index contributed by atoms with van der Waals surface area (Å²) in [4.78, 5) is 43.7. The molecule has 0 aliphatic carbocycles. The van der Waals surface area contributed by atoms with Crippen LogP contribution >= 0.6 is 0 Å². The van der Waals surface area contributed by atoms with E-state index in [1.807, 2.05) is 0 Å². The number of ether oxygens (including phenoxy) is 1. The highest BCUT2D eigenvalue weighted by atomic mass is 16.5. The number of rotatable bonds is 9. The lowest BCUT2D eigenvalue weighted by Gasteiger charge is -2.14. The van der Waals surface area contributed by atoms with Crippen LogP contribution < -0.4 is 11.1 Å². The molecule has 0 saturated carbocycles. The summed E-state index contributed by atoms with van der Waals surface area (Å²) in [6.45, 7) is 0. The number of hydrogen-bond acceptors (Lipinski definition) is 6. The van der Waals surface area contributed by atoms with Gasteiger partial charge in [-0.15, -0.1) is 0 Å². The molecule has 0 fully saturated rings. The van der Waals surface area contributed by atoms with E-state index in [4.69, 9.17) is 15.9 Å². The Bertz CT molecular complexity index is 383. The quantitative estimate of drug-likeness (QED) is 0.382. The molecule has 0 aliphatic heterocycles. The van der Waals surface area contributed by atoms with E-state index < -0.39 is 35.9 Å². The number of carboxylic acid groups (broad SMARTS) is 2. The summed E-state index contributed by atoms with van der Waals surface area (Å²) in [6, 6.07) is -2.25. The molecule has 2 atom stereocenters. The fourth-order valence-electron chi connectivity index (χ4n) is 1.35. The molecular weight excluding hydrogens is 272 g/mol. The second-order valence-corrected chi connectivity index (χ2v) is 4.06. The predicted molar refractivity (Wildman–Crippen MR) is 65.7 cm³/mol. The Hall–Kier alpha value is -2.16. The van der Waals surface area contributed by atoms with Gasteiger partial charge in [0.25, 0.3) is 0 Å². The van der Waals surface area contributed by atoms with Crippen LogP contribution in [0.1, 0.15) is 25.7 Å². The van der Waals surface area contributed by atoms with Crippen LogP contribution in [0.5, 0.6) is 0 Å². The molecule has 0 saturated heterocycles. The summed E-state index contributed by atoms with van der Waals surface area (Å²) >= 11 is 0. The number of nitrogens with one attached hydrogen (secondary N) is 1. The van der Waals surface area contributed by atoms with Crippen molar-refractivity contribution in [3.63, 3.8) is 0 Å². The number of esters is 1. The molecule has 1 amide bonds. The Morgan fingerprint density at radius 3 is 2.20 bits per heavy atom. The van der Waals surface area contributed by atoms with Gasteiger partial charge in [-0.05, 0) is 12.8 Å². The fraction of sp³-hybridized carbons (Fsp3) is 0.636. The Kier molecular flexibility index (Phi) is 7.90. The lowest BCUT2D eigenvalue weighted by Crippen LogP contribution is -2.42. The van der Waals surface area contributed by atoms with Gasteiger partial charge >= 0.3 is 17.9 Å². The third kappa shape index (κ3) is 7.31. The minimum Gasteiger partial charge on any atom is -0.481 e. The summed E-state index contributed by atoms with van der Waals surface area (Å²) in [5.41, 5.74) is 5.42. The smallest absolute Gasteiger partial charge is 0.326 e. The Morgan fingerprint density at radius 1 is 1.15 bits per heavy atom. The van der Waals surface area contributed by atoms with Gasteiger partial charge in [0.15, 0.2) is 0 Å². The van der Waals surface area contributed by atoms with Crippen molar-refractivity contribution in [3.8, 4) is 0 Å². The molecule has 0 bridgehead atoms. The van der Waals surface area contributed by atoms with E-state index in [0.717, 1.165) is 7.11 Å². The first-order valence-corrected chi connectivity index (χ1v) is 5.85. The van der Waals surface area contributed by atoms with Gasteiger partial charge in [-0.2, -0.15) is 0 Å². The van der Waals surface area contributed by atoms with Gasteiger partial charge < -0.3 is 26.0 Å². The van der Waals surface area contributed by atoms with Crippen LogP contribution in [0.25, 0.3) is 0 Å². The number of carbonyl (C=O) groups is 4. The van der Waals surface area contributed by atoms with Gasteiger partial charge in [0.2, 0.25) is 5.91 Å². The number of methoxy groups -OCH3 is 1. The summed E-state index contributed by atoms with van der Waals surface area (Å²) in [6.07, 6.45) is -0.755. The first-order valence-electron chi connectivity index (χ1n) is 5.85. The van der Waals surface area contributed by atoms with Gasteiger partial charge in [0.1, 0.15) is 12.1 Å². The largest absolute Gasteiger partial charge is 0.481 e. The molecule has 0 heterocycles. The van der Waals surface area contributed by atoms with Gasteiger partial charge in [-0.3, -0.25) is 14.4 Å². The van der Waals surface area contributed by atoms with E-state index in [1.165, 1.54) is 0 Å². The summed E-state index contributed by atoms with van der Waals surface area (Å²) in [5, 5.41) is 19.5. The van der Waals surface area contributed by atoms with Crippen LogP contribution in [0.4, 0.5) is 0 Å². The van der Waals surface area contributed by atoms with Gasteiger partial charge in [-0.25, -0.2) is 4.79 Å². The molecule has 114 valence electrons. The van der Waals surface area contributed by atoms with Crippen molar-refractivity contribution in [1.82, 2.24) is 5.32 Å². The molecule has 2 unspecified atom stereocenters.